The topological polar surface area (TPSA) is 85.1 Å². The lowest BCUT2D eigenvalue weighted by Gasteiger charge is -2.09. The van der Waals surface area contributed by atoms with Gasteiger partial charge >= 0.3 is 5.69 Å². The van der Waals surface area contributed by atoms with Gasteiger partial charge in [-0.15, -0.1) is 0 Å². The van der Waals surface area contributed by atoms with E-state index in [2.05, 4.69) is 10.0 Å². The fraction of sp³-hybridized carbons (Fsp3) is 0.278. The molecule has 0 amide bonds. The van der Waals surface area contributed by atoms with Crippen LogP contribution in [0.1, 0.15) is 16.7 Å². The number of rotatable bonds is 4. The van der Waals surface area contributed by atoms with Crippen molar-refractivity contribution in [3.05, 3.63) is 63.6 Å². The summed E-state index contributed by atoms with van der Waals surface area (Å²) in [7, 11) is -0.376. The molecule has 1 aliphatic heterocycles. The molecular formula is C18H20N4O3S. The summed E-state index contributed by atoms with van der Waals surface area (Å²) in [6.07, 6.45) is 0. The summed E-state index contributed by atoms with van der Waals surface area (Å²) in [6.45, 7) is 1.90. The number of benzene rings is 2. The first kappa shape index (κ1) is 17.0. The van der Waals surface area contributed by atoms with Gasteiger partial charge in [0, 0.05) is 33.7 Å². The zero-order valence-electron chi connectivity index (χ0n) is 14.6. The van der Waals surface area contributed by atoms with Crippen LogP contribution in [0.5, 0.6) is 0 Å². The molecule has 0 atom stereocenters. The van der Waals surface area contributed by atoms with Crippen LogP contribution in [-0.2, 0) is 43.8 Å². The number of sulfonamides is 1. The maximum atomic E-state index is 12.7. The predicted octanol–water partition coefficient (Wildman–Crippen LogP) is 0.959. The standard InChI is InChI=1S/C18H20N4O3S/c1-21-16-6-5-15(8-17(16)22(2)18(21)23)26(24,25)20-9-12-3-4-13-10-19-11-14(13)7-12/h3-8,19-20H,9-11H2,1-2H3. The van der Waals surface area contributed by atoms with Crippen molar-refractivity contribution in [2.75, 3.05) is 0 Å². The monoisotopic (exact) mass is 372 g/mol. The van der Waals surface area contributed by atoms with Gasteiger partial charge in [0.05, 0.1) is 15.9 Å². The fourth-order valence-corrected chi connectivity index (χ4v) is 4.41. The second kappa shape index (κ2) is 6.08. The average molecular weight is 372 g/mol. The van der Waals surface area contributed by atoms with Gasteiger partial charge in [0.15, 0.2) is 0 Å². The van der Waals surface area contributed by atoms with Crippen LogP contribution in [0, 0.1) is 0 Å². The van der Waals surface area contributed by atoms with Crippen molar-refractivity contribution in [2.45, 2.75) is 24.5 Å². The molecule has 26 heavy (non-hydrogen) atoms. The van der Waals surface area contributed by atoms with E-state index in [4.69, 9.17) is 0 Å². The van der Waals surface area contributed by atoms with E-state index in [1.165, 1.54) is 32.4 Å². The third kappa shape index (κ3) is 2.76. The van der Waals surface area contributed by atoms with Crippen molar-refractivity contribution < 1.29 is 8.42 Å². The number of nitrogens with one attached hydrogen (secondary N) is 2. The highest BCUT2D eigenvalue weighted by Crippen LogP contribution is 2.19. The van der Waals surface area contributed by atoms with Gasteiger partial charge in [-0.1, -0.05) is 18.2 Å². The molecular weight excluding hydrogens is 352 g/mol. The van der Waals surface area contributed by atoms with E-state index in [-0.39, 0.29) is 17.1 Å². The Morgan fingerprint density at radius 2 is 1.73 bits per heavy atom. The summed E-state index contributed by atoms with van der Waals surface area (Å²) in [5.74, 6) is 0. The molecule has 1 aliphatic rings. The molecule has 0 spiro atoms. The highest BCUT2D eigenvalue weighted by molar-refractivity contribution is 7.89. The van der Waals surface area contributed by atoms with Gasteiger partial charge in [0.2, 0.25) is 10.0 Å². The minimum Gasteiger partial charge on any atom is -0.309 e. The largest absolute Gasteiger partial charge is 0.328 e. The van der Waals surface area contributed by atoms with Crippen molar-refractivity contribution in [2.24, 2.45) is 14.1 Å². The smallest absolute Gasteiger partial charge is 0.309 e. The van der Waals surface area contributed by atoms with Crippen molar-refractivity contribution in [1.29, 1.82) is 0 Å². The minimum absolute atomic E-state index is 0.147. The third-order valence-electron chi connectivity index (χ3n) is 4.92. The van der Waals surface area contributed by atoms with Crippen molar-refractivity contribution in [1.82, 2.24) is 19.2 Å². The average Bonchev–Trinajstić information content (AvgIpc) is 3.19. The highest BCUT2D eigenvalue weighted by atomic mass is 32.2. The van der Waals surface area contributed by atoms with Crippen LogP contribution >= 0.6 is 0 Å². The maximum absolute atomic E-state index is 12.7. The molecule has 8 heteroatoms. The van der Waals surface area contributed by atoms with Crippen LogP contribution < -0.4 is 15.7 Å². The Morgan fingerprint density at radius 3 is 2.54 bits per heavy atom. The fourth-order valence-electron chi connectivity index (χ4n) is 3.37. The Labute approximate surface area is 151 Å². The van der Waals surface area contributed by atoms with Crippen molar-refractivity contribution in [3.63, 3.8) is 0 Å². The zero-order chi connectivity index (χ0) is 18.5. The molecule has 2 aromatic carbocycles. The molecule has 0 fully saturated rings. The van der Waals surface area contributed by atoms with E-state index >= 15 is 0 Å². The summed E-state index contributed by atoms with van der Waals surface area (Å²) >= 11 is 0. The van der Waals surface area contributed by atoms with Crippen LogP contribution in [0.4, 0.5) is 0 Å². The van der Waals surface area contributed by atoms with E-state index in [9.17, 15) is 13.2 Å². The van der Waals surface area contributed by atoms with Crippen LogP contribution in [0.25, 0.3) is 11.0 Å². The Bertz CT molecular complexity index is 1180. The van der Waals surface area contributed by atoms with Gasteiger partial charge in [-0.2, -0.15) is 0 Å². The minimum atomic E-state index is -3.67. The number of fused-ring (bicyclic) bond motifs is 2. The molecule has 4 rings (SSSR count). The molecule has 0 unspecified atom stereocenters. The predicted molar refractivity (Wildman–Crippen MR) is 99.2 cm³/mol. The lowest BCUT2D eigenvalue weighted by molar-refractivity contribution is 0.581. The molecule has 0 radical (unpaired) electrons. The van der Waals surface area contributed by atoms with Gasteiger partial charge < -0.3 is 5.32 Å². The second-order valence-corrected chi connectivity index (χ2v) is 8.35. The molecule has 0 bridgehead atoms. The first-order chi connectivity index (χ1) is 12.4. The number of imidazole rings is 1. The van der Waals surface area contributed by atoms with E-state index in [1.807, 2.05) is 18.2 Å². The van der Waals surface area contributed by atoms with E-state index < -0.39 is 10.0 Å². The first-order valence-corrected chi connectivity index (χ1v) is 9.82. The summed E-state index contributed by atoms with van der Waals surface area (Å²) in [6, 6.07) is 10.7. The Balaban J connectivity index is 1.61. The van der Waals surface area contributed by atoms with E-state index in [0.717, 1.165) is 18.7 Å². The molecule has 0 saturated carbocycles. The summed E-state index contributed by atoms with van der Waals surface area (Å²) in [5, 5.41) is 3.27. The molecule has 0 saturated heterocycles. The summed E-state index contributed by atoms with van der Waals surface area (Å²) < 4.78 is 30.9. The quantitative estimate of drug-likeness (QED) is 0.714. The lowest BCUT2D eigenvalue weighted by Crippen LogP contribution is -2.23. The van der Waals surface area contributed by atoms with Crippen LogP contribution in [0.3, 0.4) is 0 Å². The number of aryl methyl sites for hydroxylation is 2. The number of nitrogens with zero attached hydrogens (tertiary/aromatic N) is 2. The molecule has 136 valence electrons. The summed E-state index contributed by atoms with van der Waals surface area (Å²) in [4.78, 5) is 12.2. The molecule has 2 N–H and O–H groups in total. The van der Waals surface area contributed by atoms with Crippen molar-refractivity contribution in [3.8, 4) is 0 Å². The van der Waals surface area contributed by atoms with Crippen molar-refractivity contribution >= 4 is 21.1 Å². The Kier molecular flexibility index (Phi) is 3.98. The SMILES string of the molecule is Cn1c(=O)n(C)c2cc(S(=O)(=O)NCc3ccc4c(c3)CNC4)ccc21. The van der Waals surface area contributed by atoms with Gasteiger partial charge in [0.1, 0.15) is 0 Å². The first-order valence-electron chi connectivity index (χ1n) is 8.33. The van der Waals surface area contributed by atoms with E-state index in [1.54, 1.807) is 20.2 Å². The zero-order valence-corrected chi connectivity index (χ0v) is 15.4. The van der Waals surface area contributed by atoms with Crippen LogP contribution in [0.2, 0.25) is 0 Å². The maximum Gasteiger partial charge on any atom is 0.328 e. The molecule has 1 aromatic heterocycles. The molecule has 3 aromatic rings. The normalized spacial score (nSPS) is 14.1. The number of hydrogen-bond acceptors (Lipinski definition) is 4. The molecule has 2 heterocycles. The van der Waals surface area contributed by atoms with Crippen LogP contribution in [-0.4, -0.2) is 17.6 Å². The number of hydrogen-bond donors (Lipinski definition) is 2. The summed E-state index contributed by atoms with van der Waals surface area (Å²) in [5.41, 5.74) is 4.49. The van der Waals surface area contributed by atoms with Crippen LogP contribution in [0.15, 0.2) is 46.1 Å². The Hall–Kier alpha value is -2.42. The third-order valence-corrected chi connectivity index (χ3v) is 6.32. The lowest BCUT2D eigenvalue weighted by atomic mass is 10.1. The van der Waals surface area contributed by atoms with Gasteiger partial charge in [0.25, 0.3) is 0 Å². The number of aromatic nitrogens is 2. The second-order valence-electron chi connectivity index (χ2n) is 6.58. The van der Waals surface area contributed by atoms with E-state index in [0.29, 0.717) is 11.0 Å². The highest BCUT2D eigenvalue weighted by Gasteiger charge is 2.17. The van der Waals surface area contributed by atoms with Gasteiger partial charge in [-0.3, -0.25) is 9.13 Å². The van der Waals surface area contributed by atoms with Gasteiger partial charge in [-0.25, -0.2) is 17.9 Å². The molecule has 0 aliphatic carbocycles. The Morgan fingerprint density at radius 1 is 1.00 bits per heavy atom. The van der Waals surface area contributed by atoms with Gasteiger partial charge in [-0.05, 0) is 34.9 Å². The molecule has 7 nitrogen and oxygen atoms in total.